The Kier molecular flexibility index (Phi) is 5.04. The van der Waals surface area contributed by atoms with Gasteiger partial charge in [-0.2, -0.15) is 13.2 Å². The van der Waals surface area contributed by atoms with Gasteiger partial charge in [-0.3, -0.25) is 4.98 Å². The van der Waals surface area contributed by atoms with Gasteiger partial charge in [-0.1, -0.05) is 23.7 Å². The number of hydrogen-bond donors (Lipinski definition) is 1. The third-order valence-corrected chi connectivity index (χ3v) is 3.90. The lowest BCUT2D eigenvalue weighted by molar-refractivity contribution is -0.137. The quantitative estimate of drug-likeness (QED) is 0.631. The Morgan fingerprint density at radius 2 is 1.73 bits per heavy atom. The molecule has 134 valence electrons. The van der Waals surface area contributed by atoms with E-state index in [1.807, 2.05) is 12.1 Å². The van der Waals surface area contributed by atoms with Crippen LogP contribution >= 0.6 is 11.6 Å². The Morgan fingerprint density at radius 3 is 2.38 bits per heavy atom. The SMILES string of the molecule is Oc1cc(OCc2ccc(Cl)cc2)ccc1-c1cc(C(F)(F)F)ccn1. The van der Waals surface area contributed by atoms with Crippen LogP contribution in [0.1, 0.15) is 11.1 Å². The summed E-state index contributed by atoms with van der Waals surface area (Å²) in [6.07, 6.45) is -3.42. The maximum Gasteiger partial charge on any atom is 0.416 e. The molecule has 1 heterocycles. The van der Waals surface area contributed by atoms with Crippen LogP contribution in [-0.4, -0.2) is 10.1 Å². The van der Waals surface area contributed by atoms with Crippen molar-refractivity contribution in [1.29, 1.82) is 0 Å². The fourth-order valence-electron chi connectivity index (χ4n) is 2.32. The van der Waals surface area contributed by atoms with Gasteiger partial charge in [-0.05, 0) is 42.0 Å². The Balaban J connectivity index is 1.78. The summed E-state index contributed by atoms with van der Waals surface area (Å²) < 4.78 is 44.0. The second kappa shape index (κ2) is 7.25. The topological polar surface area (TPSA) is 42.4 Å². The number of nitrogens with zero attached hydrogens (tertiary/aromatic N) is 1. The molecule has 3 rings (SSSR count). The summed E-state index contributed by atoms with van der Waals surface area (Å²) in [4.78, 5) is 3.90. The van der Waals surface area contributed by atoms with Crippen molar-refractivity contribution in [3.8, 4) is 22.8 Å². The summed E-state index contributed by atoms with van der Waals surface area (Å²) >= 11 is 5.81. The number of halogens is 4. The van der Waals surface area contributed by atoms with Gasteiger partial charge < -0.3 is 9.84 Å². The molecule has 1 aromatic heterocycles. The molecule has 0 unspecified atom stereocenters. The van der Waals surface area contributed by atoms with Crippen LogP contribution in [0.3, 0.4) is 0 Å². The van der Waals surface area contributed by atoms with Crippen molar-refractivity contribution in [2.45, 2.75) is 12.8 Å². The van der Waals surface area contributed by atoms with Crippen molar-refractivity contribution in [3.63, 3.8) is 0 Å². The monoisotopic (exact) mass is 379 g/mol. The number of aromatic hydroxyl groups is 1. The molecule has 1 N–H and O–H groups in total. The van der Waals surface area contributed by atoms with Gasteiger partial charge in [-0.25, -0.2) is 0 Å². The minimum absolute atomic E-state index is 0.0292. The molecular formula is C19H13ClF3NO2. The molecule has 2 aromatic carbocycles. The maximum atomic E-state index is 12.8. The largest absolute Gasteiger partial charge is 0.507 e. The summed E-state index contributed by atoms with van der Waals surface area (Å²) in [6.45, 7) is 0.262. The molecule has 26 heavy (non-hydrogen) atoms. The van der Waals surface area contributed by atoms with E-state index in [9.17, 15) is 18.3 Å². The third kappa shape index (κ3) is 4.26. The third-order valence-electron chi connectivity index (χ3n) is 3.65. The van der Waals surface area contributed by atoms with Gasteiger partial charge in [0, 0.05) is 22.8 Å². The molecule has 0 aliphatic carbocycles. The molecule has 0 radical (unpaired) electrons. The van der Waals surface area contributed by atoms with Crippen molar-refractivity contribution in [3.05, 3.63) is 76.9 Å². The van der Waals surface area contributed by atoms with Crippen LogP contribution in [0.15, 0.2) is 60.8 Å². The molecule has 0 aliphatic heterocycles. The standard InChI is InChI=1S/C19H13ClF3NO2/c20-14-3-1-12(2-4-14)11-26-15-5-6-16(18(25)10-15)17-9-13(7-8-24-17)19(21,22)23/h1-10,25H,11H2. The molecule has 3 nitrogen and oxygen atoms in total. The first-order chi connectivity index (χ1) is 12.3. The van der Waals surface area contributed by atoms with Crippen LogP contribution in [0, 0.1) is 0 Å². The van der Waals surface area contributed by atoms with E-state index in [0.717, 1.165) is 23.9 Å². The first kappa shape index (κ1) is 18.1. The highest BCUT2D eigenvalue weighted by Crippen LogP contribution is 2.35. The van der Waals surface area contributed by atoms with E-state index in [1.54, 1.807) is 18.2 Å². The molecule has 0 bridgehead atoms. The van der Waals surface area contributed by atoms with Gasteiger partial charge in [0.25, 0.3) is 0 Å². The van der Waals surface area contributed by atoms with Crippen LogP contribution in [0.4, 0.5) is 13.2 Å². The Morgan fingerprint density at radius 1 is 1.00 bits per heavy atom. The van der Waals surface area contributed by atoms with Crippen molar-refractivity contribution in [1.82, 2.24) is 4.98 Å². The predicted octanol–water partition coefficient (Wildman–Crippen LogP) is 5.71. The molecule has 7 heteroatoms. The van der Waals surface area contributed by atoms with Crippen molar-refractivity contribution in [2.24, 2.45) is 0 Å². The maximum absolute atomic E-state index is 12.8. The first-order valence-electron chi connectivity index (χ1n) is 7.57. The second-order valence-electron chi connectivity index (χ2n) is 5.52. The van der Waals surface area contributed by atoms with Crippen LogP contribution in [0.25, 0.3) is 11.3 Å². The zero-order chi connectivity index (χ0) is 18.7. The highest BCUT2D eigenvalue weighted by Gasteiger charge is 2.31. The fourth-order valence-corrected chi connectivity index (χ4v) is 2.45. The Hall–Kier alpha value is -2.73. The molecule has 0 spiro atoms. The number of aromatic nitrogens is 1. The highest BCUT2D eigenvalue weighted by atomic mass is 35.5. The molecule has 0 amide bonds. The van der Waals surface area contributed by atoms with Gasteiger partial charge in [-0.15, -0.1) is 0 Å². The van der Waals surface area contributed by atoms with E-state index < -0.39 is 11.7 Å². The number of ether oxygens (including phenoxy) is 1. The second-order valence-corrected chi connectivity index (χ2v) is 5.96. The zero-order valence-corrected chi connectivity index (χ0v) is 14.1. The first-order valence-corrected chi connectivity index (χ1v) is 7.94. The summed E-state index contributed by atoms with van der Waals surface area (Å²) in [7, 11) is 0. The number of pyridine rings is 1. The number of phenolic OH excluding ortho intramolecular Hbond substituents is 1. The average Bonchev–Trinajstić information content (AvgIpc) is 2.61. The summed E-state index contributed by atoms with van der Waals surface area (Å²) in [5.74, 6) is 0.165. The van der Waals surface area contributed by atoms with E-state index in [4.69, 9.17) is 16.3 Å². The van der Waals surface area contributed by atoms with E-state index >= 15 is 0 Å². The number of alkyl halides is 3. The number of hydrogen-bond acceptors (Lipinski definition) is 3. The lowest BCUT2D eigenvalue weighted by Gasteiger charge is -2.11. The number of rotatable bonds is 4. The van der Waals surface area contributed by atoms with Crippen LogP contribution in [0.2, 0.25) is 5.02 Å². The zero-order valence-electron chi connectivity index (χ0n) is 13.3. The molecule has 3 aromatic rings. The van der Waals surface area contributed by atoms with Crippen molar-refractivity contribution >= 4 is 11.6 Å². The smallest absolute Gasteiger partial charge is 0.416 e. The lowest BCUT2D eigenvalue weighted by atomic mass is 10.1. The summed E-state index contributed by atoms with van der Waals surface area (Å²) in [6, 6.07) is 13.2. The molecule has 0 aliphatic rings. The average molecular weight is 380 g/mol. The summed E-state index contributed by atoms with van der Waals surface area (Å²) in [5.41, 5.74) is 0.277. The normalized spacial score (nSPS) is 11.4. The van der Waals surface area contributed by atoms with Gasteiger partial charge in [0.1, 0.15) is 18.1 Å². The van der Waals surface area contributed by atoms with Crippen LogP contribution in [0.5, 0.6) is 11.5 Å². The van der Waals surface area contributed by atoms with Crippen LogP contribution < -0.4 is 4.74 Å². The van der Waals surface area contributed by atoms with E-state index in [-0.39, 0.29) is 23.6 Å². The van der Waals surface area contributed by atoms with Crippen molar-refractivity contribution in [2.75, 3.05) is 0 Å². The van der Waals surface area contributed by atoms with Gasteiger partial charge in [0.05, 0.1) is 11.3 Å². The van der Waals surface area contributed by atoms with Crippen molar-refractivity contribution < 1.29 is 23.0 Å². The predicted molar refractivity (Wildman–Crippen MR) is 92.1 cm³/mol. The molecule has 0 saturated carbocycles. The Labute approximate surface area is 152 Å². The van der Waals surface area contributed by atoms with Gasteiger partial charge >= 0.3 is 6.18 Å². The molecular weight excluding hydrogens is 367 g/mol. The number of benzene rings is 2. The minimum atomic E-state index is -4.48. The summed E-state index contributed by atoms with van der Waals surface area (Å²) in [5, 5.41) is 10.8. The van der Waals surface area contributed by atoms with Gasteiger partial charge in [0.15, 0.2) is 0 Å². The minimum Gasteiger partial charge on any atom is -0.507 e. The molecule has 0 atom stereocenters. The number of phenols is 1. The fraction of sp³-hybridized carbons (Fsp3) is 0.105. The van der Waals surface area contributed by atoms with E-state index in [2.05, 4.69) is 4.98 Å². The molecule has 0 fully saturated rings. The van der Waals surface area contributed by atoms with Gasteiger partial charge in [0.2, 0.25) is 0 Å². The van der Waals surface area contributed by atoms with E-state index in [0.29, 0.717) is 10.8 Å². The Bertz CT molecular complexity index is 911. The van der Waals surface area contributed by atoms with Crippen LogP contribution in [-0.2, 0) is 12.8 Å². The lowest BCUT2D eigenvalue weighted by Crippen LogP contribution is -2.05. The molecule has 0 saturated heterocycles. The van der Waals surface area contributed by atoms with E-state index in [1.165, 1.54) is 12.1 Å². The highest BCUT2D eigenvalue weighted by molar-refractivity contribution is 6.30.